The smallest absolute Gasteiger partial charge is 0.191 e. The highest BCUT2D eigenvalue weighted by atomic mass is 127. The van der Waals surface area contributed by atoms with E-state index in [0.717, 1.165) is 24.0 Å². The van der Waals surface area contributed by atoms with Gasteiger partial charge < -0.3 is 15.1 Å². The summed E-state index contributed by atoms with van der Waals surface area (Å²) in [6.07, 6.45) is 1.64. The van der Waals surface area contributed by atoms with E-state index in [-0.39, 0.29) is 42.1 Å². The van der Waals surface area contributed by atoms with Crippen LogP contribution in [0.4, 0.5) is 8.78 Å². The fourth-order valence-corrected chi connectivity index (χ4v) is 2.38. The molecule has 8 heteroatoms. The Balaban J connectivity index is 0.00000338. The molecule has 2 N–H and O–H groups in total. The van der Waals surface area contributed by atoms with Crippen LogP contribution in [-0.2, 0) is 6.54 Å². The minimum Gasteiger partial charge on any atom is -0.468 e. The highest BCUT2D eigenvalue weighted by Gasteiger charge is 2.17. The SMILES string of the molecule is CCNC(=NCc1cc(F)ccc1F)NCC(c1ccco1)N(C)C.I. The summed E-state index contributed by atoms with van der Waals surface area (Å²) in [5.41, 5.74) is 0.215. The van der Waals surface area contributed by atoms with Crippen LogP contribution in [0.5, 0.6) is 0 Å². The van der Waals surface area contributed by atoms with E-state index in [4.69, 9.17) is 4.42 Å². The first-order valence-electron chi connectivity index (χ1n) is 8.17. The van der Waals surface area contributed by atoms with E-state index in [1.54, 1.807) is 6.26 Å². The molecule has 144 valence electrons. The van der Waals surface area contributed by atoms with Gasteiger partial charge >= 0.3 is 0 Å². The Bertz CT molecular complexity index is 693. The lowest BCUT2D eigenvalue weighted by molar-refractivity contribution is 0.258. The summed E-state index contributed by atoms with van der Waals surface area (Å²) in [7, 11) is 3.92. The number of nitrogens with one attached hydrogen (secondary N) is 2. The Morgan fingerprint density at radius 2 is 2.00 bits per heavy atom. The van der Waals surface area contributed by atoms with E-state index in [2.05, 4.69) is 15.6 Å². The zero-order valence-corrected chi connectivity index (χ0v) is 17.5. The van der Waals surface area contributed by atoms with Gasteiger partial charge in [0, 0.05) is 18.7 Å². The summed E-state index contributed by atoms with van der Waals surface area (Å²) in [5.74, 6) is 0.423. The van der Waals surface area contributed by atoms with Crippen molar-refractivity contribution in [1.82, 2.24) is 15.5 Å². The molecule has 0 amide bonds. The van der Waals surface area contributed by atoms with Gasteiger partial charge in [0.1, 0.15) is 17.4 Å². The standard InChI is InChI=1S/C18H24F2N4O.HI/c1-4-21-18(22-11-13-10-14(19)7-8-15(13)20)23-12-16(24(2)3)17-6-5-9-25-17;/h5-10,16H,4,11-12H2,1-3H3,(H2,21,22,23);1H. The number of likely N-dealkylation sites (N-methyl/N-ethyl adjacent to an activating group) is 1. The van der Waals surface area contributed by atoms with Gasteiger partial charge in [0.25, 0.3) is 0 Å². The predicted octanol–water partition coefficient (Wildman–Crippen LogP) is 3.53. The van der Waals surface area contributed by atoms with Crippen molar-refractivity contribution in [2.24, 2.45) is 4.99 Å². The van der Waals surface area contributed by atoms with Crippen molar-refractivity contribution < 1.29 is 13.2 Å². The number of guanidine groups is 1. The van der Waals surface area contributed by atoms with Crippen LogP contribution in [0.25, 0.3) is 0 Å². The van der Waals surface area contributed by atoms with Crippen molar-refractivity contribution in [3.8, 4) is 0 Å². The first-order valence-corrected chi connectivity index (χ1v) is 8.17. The molecule has 0 spiro atoms. The molecule has 2 aromatic rings. The second kappa shape index (κ2) is 11.1. The average Bonchev–Trinajstić information content (AvgIpc) is 3.09. The van der Waals surface area contributed by atoms with Crippen LogP contribution in [0.1, 0.15) is 24.3 Å². The van der Waals surface area contributed by atoms with Gasteiger partial charge in [0.2, 0.25) is 0 Å². The lowest BCUT2D eigenvalue weighted by atomic mass is 10.2. The van der Waals surface area contributed by atoms with E-state index in [1.165, 1.54) is 0 Å². The molecular formula is C18H25F2IN4O. The zero-order chi connectivity index (χ0) is 18.2. The minimum absolute atomic E-state index is 0. The molecule has 2 rings (SSSR count). The molecule has 26 heavy (non-hydrogen) atoms. The normalized spacial score (nSPS) is 12.6. The number of rotatable bonds is 7. The van der Waals surface area contributed by atoms with Gasteiger partial charge in [-0.2, -0.15) is 0 Å². The third-order valence-corrected chi connectivity index (χ3v) is 3.72. The van der Waals surface area contributed by atoms with Crippen molar-refractivity contribution in [2.75, 3.05) is 27.2 Å². The first-order chi connectivity index (χ1) is 12.0. The third kappa shape index (κ3) is 6.56. The van der Waals surface area contributed by atoms with Gasteiger partial charge in [-0.15, -0.1) is 24.0 Å². The fourth-order valence-electron chi connectivity index (χ4n) is 2.38. The van der Waals surface area contributed by atoms with E-state index in [1.807, 2.05) is 38.1 Å². The van der Waals surface area contributed by atoms with Crippen LogP contribution in [0.15, 0.2) is 46.0 Å². The molecule has 5 nitrogen and oxygen atoms in total. The van der Waals surface area contributed by atoms with Crippen LogP contribution < -0.4 is 10.6 Å². The molecule has 0 bridgehead atoms. The van der Waals surface area contributed by atoms with Crippen molar-refractivity contribution in [3.05, 3.63) is 59.6 Å². The maximum Gasteiger partial charge on any atom is 0.191 e. The maximum absolute atomic E-state index is 13.7. The molecule has 1 unspecified atom stereocenters. The van der Waals surface area contributed by atoms with Crippen LogP contribution in [0.3, 0.4) is 0 Å². The third-order valence-electron chi connectivity index (χ3n) is 3.72. The summed E-state index contributed by atoms with van der Waals surface area (Å²) in [6, 6.07) is 7.14. The summed E-state index contributed by atoms with van der Waals surface area (Å²) < 4.78 is 32.4. The Morgan fingerprint density at radius 3 is 2.62 bits per heavy atom. The molecule has 0 aliphatic heterocycles. The Kier molecular flexibility index (Phi) is 9.57. The van der Waals surface area contributed by atoms with Crippen LogP contribution in [0, 0.1) is 11.6 Å². The van der Waals surface area contributed by atoms with Crippen molar-refractivity contribution in [1.29, 1.82) is 0 Å². The van der Waals surface area contributed by atoms with Crippen LogP contribution in [-0.4, -0.2) is 38.0 Å². The lowest BCUT2D eigenvalue weighted by Gasteiger charge is -2.23. The quantitative estimate of drug-likeness (QED) is 0.363. The van der Waals surface area contributed by atoms with Crippen molar-refractivity contribution >= 4 is 29.9 Å². The second-order valence-electron chi connectivity index (χ2n) is 5.81. The topological polar surface area (TPSA) is 52.8 Å². The van der Waals surface area contributed by atoms with Crippen LogP contribution >= 0.6 is 24.0 Å². The predicted molar refractivity (Wildman–Crippen MR) is 110 cm³/mol. The Hall–Kier alpha value is -1.68. The molecule has 1 heterocycles. The van der Waals surface area contributed by atoms with Crippen molar-refractivity contribution in [3.63, 3.8) is 0 Å². The summed E-state index contributed by atoms with van der Waals surface area (Å²) in [4.78, 5) is 6.37. The molecule has 0 aliphatic carbocycles. The molecule has 0 saturated heterocycles. The van der Waals surface area contributed by atoms with Gasteiger partial charge in [-0.1, -0.05) is 0 Å². The van der Waals surface area contributed by atoms with Gasteiger partial charge in [0.15, 0.2) is 5.96 Å². The summed E-state index contributed by atoms with van der Waals surface area (Å²) in [6.45, 7) is 3.20. The second-order valence-corrected chi connectivity index (χ2v) is 5.81. The zero-order valence-electron chi connectivity index (χ0n) is 15.1. The van der Waals surface area contributed by atoms with Crippen molar-refractivity contribution in [2.45, 2.75) is 19.5 Å². The van der Waals surface area contributed by atoms with Crippen LogP contribution in [0.2, 0.25) is 0 Å². The number of nitrogens with zero attached hydrogens (tertiary/aromatic N) is 2. The molecule has 0 fully saturated rings. The molecule has 1 aromatic heterocycles. The first kappa shape index (κ1) is 22.4. The van der Waals surface area contributed by atoms with E-state index >= 15 is 0 Å². The highest BCUT2D eigenvalue weighted by Crippen LogP contribution is 2.17. The number of furan rings is 1. The van der Waals surface area contributed by atoms with Gasteiger partial charge in [-0.3, -0.25) is 4.90 Å². The number of benzene rings is 1. The molecule has 0 radical (unpaired) electrons. The fraction of sp³-hybridized carbons (Fsp3) is 0.389. The van der Waals surface area contributed by atoms with E-state index in [9.17, 15) is 8.78 Å². The molecule has 1 atom stereocenters. The number of hydrogen-bond acceptors (Lipinski definition) is 3. The van der Waals surface area contributed by atoms with E-state index in [0.29, 0.717) is 19.0 Å². The number of halogens is 3. The molecule has 0 aliphatic rings. The molecule has 0 saturated carbocycles. The average molecular weight is 478 g/mol. The summed E-state index contributed by atoms with van der Waals surface area (Å²) in [5, 5.41) is 6.32. The van der Waals surface area contributed by atoms with Gasteiger partial charge in [0.05, 0.1) is 18.8 Å². The summed E-state index contributed by atoms with van der Waals surface area (Å²) >= 11 is 0. The minimum atomic E-state index is -0.477. The number of aliphatic imine (C=N–C) groups is 1. The Morgan fingerprint density at radius 1 is 1.23 bits per heavy atom. The van der Waals surface area contributed by atoms with E-state index < -0.39 is 11.6 Å². The van der Waals surface area contributed by atoms with Gasteiger partial charge in [-0.05, 0) is 51.4 Å². The Labute approximate surface area is 169 Å². The molecular weight excluding hydrogens is 453 g/mol. The maximum atomic E-state index is 13.7. The van der Waals surface area contributed by atoms with Gasteiger partial charge in [-0.25, -0.2) is 13.8 Å². The highest BCUT2D eigenvalue weighted by molar-refractivity contribution is 14.0. The monoisotopic (exact) mass is 478 g/mol. The molecule has 1 aromatic carbocycles. The largest absolute Gasteiger partial charge is 0.468 e. The lowest BCUT2D eigenvalue weighted by Crippen LogP contribution is -2.41. The number of hydrogen-bond donors (Lipinski definition) is 2.